The minimum atomic E-state index is -0.125. The average Bonchev–Trinajstić information content (AvgIpc) is 2.74. The second kappa shape index (κ2) is 4.59. The minimum Gasteiger partial charge on any atom is -0.396 e. The third-order valence-electron chi connectivity index (χ3n) is 8.81. The fourth-order valence-corrected chi connectivity index (χ4v) is 7.83. The summed E-state index contributed by atoms with van der Waals surface area (Å²) < 4.78 is 0. The first kappa shape index (κ1) is 15.2. The van der Waals surface area contributed by atoms with Gasteiger partial charge in [0.15, 0.2) is 0 Å². The maximum absolute atomic E-state index is 12.5. The van der Waals surface area contributed by atoms with Gasteiger partial charge < -0.3 is 5.11 Å². The summed E-state index contributed by atoms with van der Waals surface area (Å²) in [6.45, 7) is 7.34. The van der Waals surface area contributed by atoms with Crippen molar-refractivity contribution in [3.63, 3.8) is 0 Å². The fraction of sp³-hybridized carbons (Fsp3) is 0.950. The first-order valence-corrected chi connectivity index (χ1v) is 9.48. The summed E-state index contributed by atoms with van der Waals surface area (Å²) in [5.74, 6) is 3.20. The highest BCUT2D eigenvalue weighted by Crippen LogP contribution is 2.71. The zero-order valence-corrected chi connectivity index (χ0v) is 14.5. The predicted molar refractivity (Wildman–Crippen MR) is 87.3 cm³/mol. The van der Waals surface area contributed by atoms with Crippen LogP contribution in [-0.4, -0.2) is 17.5 Å². The van der Waals surface area contributed by atoms with E-state index in [1.54, 1.807) is 0 Å². The zero-order chi connectivity index (χ0) is 15.8. The highest BCUT2D eigenvalue weighted by molar-refractivity contribution is 5.85. The molecule has 2 bridgehead atoms. The third kappa shape index (κ3) is 1.74. The van der Waals surface area contributed by atoms with Crippen molar-refractivity contribution in [2.24, 2.45) is 39.9 Å². The zero-order valence-electron chi connectivity index (χ0n) is 14.5. The molecular weight excluding hydrogens is 272 g/mol. The van der Waals surface area contributed by atoms with Crippen molar-refractivity contribution < 1.29 is 9.90 Å². The van der Waals surface area contributed by atoms with Crippen molar-refractivity contribution >= 4 is 5.78 Å². The van der Waals surface area contributed by atoms with E-state index in [0.29, 0.717) is 35.1 Å². The van der Waals surface area contributed by atoms with Crippen LogP contribution in [0.15, 0.2) is 0 Å². The highest BCUT2D eigenvalue weighted by atomic mass is 16.3. The lowest BCUT2D eigenvalue weighted by Crippen LogP contribution is -2.58. The molecule has 0 saturated heterocycles. The van der Waals surface area contributed by atoms with Crippen LogP contribution in [0.25, 0.3) is 0 Å². The molecule has 6 unspecified atom stereocenters. The molecule has 2 heteroatoms. The van der Waals surface area contributed by atoms with E-state index in [-0.39, 0.29) is 5.41 Å². The second-order valence-electron chi connectivity index (χ2n) is 9.85. The second-order valence-corrected chi connectivity index (χ2v) is 9.85. The van der Waals surface area contributed by atoms with Gasteiger partial charge in [-0.25, -0.2) is 0 Å². The summed E-state index contributed by atoms with van der Waals surface area (Å²) in [6.07, 6.45) is 9.72. The quantitative estimate of drug-likeness (QED) is 0.788. The van der Waals surface area contributed by atoms with Crippen molar-refractivity contribution in [2.75, 3.05) is 6.61 Å². The largest absolute Gasteiger partial charge is 0.396 e. The van der Waals surface area contributed by atoms with Gasteiger partial charge in [0.2, 0.25) is 0 Å². The molecule has 4 aliphatic rings. The first-order valence-electron chi connectivity index (χ1n) is 9.48. The smallest absolute Gasteiger partial charge is 0.138 e. The van der Waals surface area contributed by atoms with Crippen LogP contribution in [0, 0.1) is 39.9 Å². The number of Topliss-reactive ketones (excluding diaryl/α,β-unsaturated/α-hetero) is 1. The molecule has 1 spiro atoms. The van der Waals surface area contributed by atoms with E-state index >= 15 is 0 Å². The average molecular weight is 304 g/mol. The van der Waals surface area contributed by atoms with Crippen LogP contribution in [0.4, 0.5) is 0 Å². The molecule has 0 heterocycles. The van der Waals surface area contributed by atoms with Crippen LogP contribution in [0.1, 0.15) is 72.1 Å². The van der Waals surface area contributed by atoms with E-state index in [9.17, 15) is 9.90 Å². The molecule has 0 aromatic rings. The Morgan fingerprint density at radius 1 is 1.05 bits per heavy atom. The molecule has 0 aliphatic heterocycles. The van der Waals surface area contributed by atoms with Gasteiger partial charge >= 0.3 is 0 Å². The number of rotatable bonds is 1. The lowest BCUT2D eigenvalue weighted by molar-refractivity contribution is -0.165. The number of hydrogen-bond donors (Lipinski definition) is 1. The summed E-state index contributed by atoms with van der Waals surface area (Å²) in [4.78, 5) is 12.5. The van der Waals surface area contributed by atoms with Crippen LogP contribution >= 0.6 is 0 Å². The van der Waals surface area contributed by atoms with Crippen LogP contribution in [-0.2, 0) is 4.79 Å². The van der Waals surface area contributed by atoms with Gasteiger partial charge in [0.1, 0.15) is 5.78 Å². The molecule has 0 amide bonds. The lowest BCUT2D eigenvalue weighted by Gasteiger charge is -2.63. The molecule has 0 aromatic carbocycles. The third-order valence-corrected chi connectivity index (χ3v) is 8.81. The van der Waals surface area contributed by atoms with Gasteiger partial charge in [-0.15, -0.1) is 0 Å². The van der Waals surface area contributed by atoms with Gasteiger partial charge in [0.25, 0.3) is 0 Å². The number of carbonyl (C=O) groups excluding carboxylic acids is 1. The Bertz CT molecular complexity index is 496. The molecule has 22 heavy (non-hydrogen) atoms. The standard InChI is InChI=1S/C20H32O2/c1-18(2)15-6-9-20-10-13(14(11-20)12-21)4-5-16(20)19(15,3)8-7-17(18)22/h13-16,21H,4-12H2,1-3H3. The Balaban J connectivity index is 1.71. The van der Waals surface area contributed by atoms with E-state index < -0.39 is 0 Å². The molecule has 4 rings (SSSR count). The maximum atomic E-state index is 12.5. The number of aliphatic hydroxyl groups is 1. The fourth-order valence-electron chi connectivity index (χ4n) is 7.83. The van der Waals surface area contributed by atoms with Crippen LogP contribution < -0.4 is 0 Å². The Labute approximate surface area is 135 Å². The van der Waals surface area contributed by atoms with Gasteiger partial charge in [-0.2, -0.15) is 0 Å². The van der Waals surface area contributed by atoms with Gasteiger partial charge in [-0.3, -0.25) is 4.79 Å². The number of ketones is 1. The Kier molecular flexibility index (Phi) is 3.16. The van der Waals surface area contributed by atoms with Crippen molar-refractivity contribution in [2.45, 2.75) is 72.1 Å². The number of hydrogen-bond acceptors (Lipinski definition) is 2. The number of fused-ring (bicyclic) bond motifs is 3. The summed E-state index contributed by atoms with van der Waals surface area (Å²) in [5, 5.41) is 9.77. The molecule has 2 nitrogen and oxygen atoms in total. The number of carbonyl (C=O) groups is 1. The Morgan fingerprint density at radius 3 is 2.55 bits per heavy atom. The Hall–Kier alpha value is -0.370. The SMILES string of the molecule is CC1(C)C(=O)CCC2(C)C3CCC4CC3(CCC12)CC4CO. The molecule has 6 atom stereocenters. The molecular formula is C20H32O2. The van der Waals surface area contributed by atoms with Crippen LogP contribution in [0.2, 0.25) is 0 Å². The van der Waals surface area contributed by atoms with Crippen LogP contribution in [0.5, 0.6) is 0 Å². The normalized spacial score (nSPS) is 53.0. The van der Waals surface area contributed by atoms with Gasteiger partial charge in [-0.1, -0.05) is 20.8 Å². The minimum absolute atomic E-state index is 0.125. The van der Waals surface area contributed by atoms with Crippen molar-refractivity contribution in [3.8, 4) is 0 Å². The highest BCUT2D eigenvalue weighted by Gasteiger charge is 2.65. The van der Waals surface area contributed by atoms with Crippen molar-refractivity contribution in [1.82, 2.24) is 0 Å². The molecule has 4 fully saturated rings. The van der Waals surface area contributed by atoms with Crippen molar-refractivity contribution in [1.29, 1.82) is 0 Å². The van der Waals surface area contributed by atoms with Crippen molar-refractivity contribution in [3.05, 3.63) is 0 Å². The van der Waals surface area contributed by atoms with E-state index in [1.807, 2.05) is 0 Å². The first-order chi connectivity index (χ1) is 10.3. The Morgan fingerprint density at radius 2 is 1.82 bits per heavy atom. The van der Waals surface area contributed by atoms with Gasteiger partial charge in [0.05, 0.1) is 0 Å². The predicted octanol–water partition coefficient (Wildman–Crippen LogP) is 4.21. The van der Waals surface area contributed by atoms with Gasteiger partial charge in [0, 0.05) is 18.4 Å². The molecule has 1 N–H and O–H groups in total. The summed E-state index contributed by atoms with van der Waals surface area (Å²) in [6, 6.07) is 0. The lowest BCUT2D eigenvalue weighted by atomic mass is 9.41. The maximum Gasteiger partial charge on any atom is 0.138 e. The summed E-state index contributed by atoms with van der Waals surface area (Å²) in [5.41, 5.74) is 0.726. The number of aliphatic hydroxyl groups excluding tert-OH is 1. The summed E-state index contributed by atoms with van der Waals surface area (Å²) >= 11 is 0. The topological polar surface area (TPSA) is 37.3 Å². The summed E-state index contributed by atoms with van der Waals surface area (Å²) in [7, 11) is 0. The van der Waals surface area contributed by atoms with E-state index in [0.717, 1.165) is 24.7 Å². The molecule has 0 aromatic heterocycles. The van der Waals surface area contributed by atoms with Gasteiger partial charge in [-0.05, 0) is 79.4 Å². The molecule has 124 valence electrons. The van der Waals surface area contributed by atoms with E-state index in [4.69, 9.17) is 0 Å². The van der Waals surface area contributed by atoms with Crippen LogP contribution in [0.3, 0.4) is 0 Å². The molecule has 4 saturated carbocycles. The van der Waals surface area contributed by atoms with E-state index in [2.05, 4.69) is 20.8 Å². The van der Waals surface area contributed by atoms with E-state index in [1.165, 1.54) is 38.5 Å². The monoisotopic (exact) mass is 304 g/mol. The molecule has 0 radical (unpaired) electrons. The molecule has 4 aliphatic carbocycles.